The van der Waals surface area contributed by atoms with E-state index in [1.807, 2.05) is 55.4 Å². The van der Waals surface area contributed by atoms with E-state index in [9.17, 15) is 0 Å². The molecular formula is C61H128N4. The summed E-state index contributed by atoms with van der Waals surface area (Å²) in [6, 6.07) is 4.57. The van der Waals surface area contributed by atoms with Gasteiger partial charge in [0.2, 0.25) is 0 Å². The first kappa shape index (κ1) is 64.8. The third-order valence-corrected chi connectivity index (χ3v) is 16.9. The van der Waals surface area contributed by atoms with Gasteiger partial charge in [0, 0.05) is 36.8 Å². The summed E-state index contributed by atoms with van der Waals surface area (Å²) in [7, 11) is 0. The van der Waals surface area contributed by atoms with E-state index >= 15 is 0 Å². The smallest absolute Gasteiger partial charge is 0.0147 e. The fourth-order valence-corrected chi connectivity index (χ4v) is 13.1. The summed E-state index contributed by atoms with van der Waals surface area (Å²) in [6.07, 6.45) is 30.6. The molecule has 8 saturated heterocycles. The average Bonchev–Trinajstić information content (AvgIpc) is 3.30. The van der Waals surface area contributed by atoms with Crippen LogP contribution in [-0.4, -0.2) is 95.6 Å². The van der Waals surface area contributed by atoms with Crippen molar-refractivity contribution in [1.29, 1.82) is 0 Å². The van der Waals surface area contributed by atoms with Gasteiger partial charge >= 0.3 is 0 Å². The van der Waals surface area contributed by atoms with Crippen LogP contribution in [0.1, 0.15) is 281 Å². The topological polar surface area (TPSA) is 13.0 Å². The fraction of sp³-hybridized carbons (Fsp3) is 1.00. The van der Waals surface area contributed by atoms with Crippen LogP contribution in [0.25, 0.3) is 0 Å². The van der Waals surface area contributed by atoms with Crippen LogP contribution >= 0.6 is 0 Å². The standard InChI is InChI=1S/4C13H25N.4C2H6.CH4/c1-13(2,3)11-7-6-10-14-9-5-4-8-12(11)14;1-13(2,3)12-9-6-8-11-7-4-5-10-14(11)12;1-13(2,3)11-7-8-12-6-4-5-9-14(12)10-11;1-13(2,3)11-7-9-14-8-5-4-6-12(14)10-11;4*1-2;/h4*11-12H,4-10H2,1-3H3;4*1-2H3;1H4. The molecule has 392 valence electrons. The Morgan fingerprint density at radius 2 is 0.800 bits per heavy atom. The number of piperidine rings is 8. The van der Waals surface area contributed by atoms with Crippen molar-refractivity contribution >= 4 is 0 Å². The maximum Gasteiger partial charge on any atom is 0.0147 e. The molecule has 65 heavy (non-hydrogen) atoms. The zero-order valence-corrected chi connectivity index (χ0v) is 48.2. The molecule has 0 saturated carbocycles. The van der Waals surface area contributed by atoms with Crippen LogP contribution < -0.4 is 0 Å². The Bertz CT molecular complexity index is 1020. The highest BCUT2D eigenvalue weighted by atomic mass is 15.2. The third-order valence-electron chi connectivity index (χ3n) is 16.9. The van der Waals surface area contributed by atoms with Gasteiger partial charge in [-0.05, 0) is 181 Å². The van der Waals surface area contributed by atoms with Crippen molar-refractivity contribution in [2.45, 2.75) is 311 Å². The maximum absolute atomic E-state index is 2.83. The zero-order chi connectivity index (χ0) is 48.7. The zero-order valence-electron chi connectivity index (χ0n) is 48.2. The minimum atomic E-state index is 0. The van der Waals surface area contributed by atoms with Crippen LogP contribution in [0.15, 0.2) is 0 Å². The Morgan fingerprint density at radius 1 is 0.323 bits per heavy atom. The molecule has 0 amide bonds. The molecule has 0 bridgehead atoms. The molecule has 0 radical (unpaired) electrons. The number of rotatable bonds is 0. The number of hydrogen-bond acceptors (Lipinski definition) is 4. The molecular weight excluding hydrogens is 789 g/mol. The molecule has 4 nitrogen and oxygen atoms in total. The summed E-state index contributed by atoms with van der Waals surface area (Å²) in [5.41, 5.74) is 2.04. The van der Waals surface area contributed by atoms with Crippen LogP contribution in [-0.2, 0) is 0 Å². The van der Waals surface area contributed by atoms with E-state index in [2.05, 4.69) is 103 Å². The SMILES string of the molecule is C.CC.CC.CC.CC.CC(C)(C)C1CCC2CCCCN2C1.CC(C)(C)C1CCCC2CCCCN21.CC(C)(C)C1CCCN2CCCCC12.CC(C)(C)C1CCN2CCCCC2C1. The predicted molar refractivity (Wildman–Crippen MR) is 298 cm³/mol. The van der Waals surface area contributed by atoms with Gasteiger partial charge in [-0.25, -0.2) is 0 Å². The van der Waals surface area contributed by atoms with Gasteiger partial charge < -0.3 is 14.7 Å². The largest absolute Gasteiger partial charge is 0.300 e. The molecule has 0 aliphatic carbocycles. The maximum atomic E-state index is 2.83. The molecule has 0 N–H and O–H groups in total. The van der Waals surface area contributed by atoms with Crippen molar-refractivity contribution in [2.75, 3.05) is 45.8 Å². The van der Waals surface area contributed by atoms with Crippen LogP contribution in [0, 0.1) is 39.4 Å². The van der Waals surface area contributed by atoms with Gasteiger partial charge in [-0.3, -0.25) is 4.90 Å². The molecule has 8 aliphatic heterocycles. The monoisotopic (exact) mass is 917 g/mol. The minimum absolute atomic E-state index is 0. The van der Waals surface area contributed by atoms with E-state index in [1.165, 1.54) is 181 Å². The Hall–Kier alpha value is -0.160. The highest BCUT2D eigenvalue weighted by Crippen LogP contribution is 2.43. The lowest BCUT2D eigenvalue weighted by molar-refractivity contribution is -0.00169. The fourth-order valence-electron chi connectivity index (χ4n) is 13.1. The van der Waals surface area contributed by atoms with Gasteiger partial charge in [0.1, 0.15) is 0 Å². The van der Waals surface area contributed by atoms with Gasteiger partial charge in [0.25, 0.3) is 0 Å². The van der Waals surface area contributed by atoms with Crippen molar-refractivity contribution in [2.24, 2.45) is 39.4 Å². The van der Waals surface area contributed by atoms with E-state index in [-0.39, 0.29) is 7.43 Å². The second kappa shape index (κ2) is 32.7. The lowest BCUT2D eigenvalue weighted by Gasteiger charge is -2.50. The number of hydrogen-bond donors (Lipinski definition) is 0. The van der Waals surface area contributed by atoms with E-state index < -0.39 is 0 Å². The van der Waals surface area contributed by atoms with Gasteiger partial charge in [-0.15, -0.1) is 0 Å². The second-order valence-electron chi connectivity index (χ2n) is 25.0. The summed E-state index contributed by atoms with van der Waals surface area (Å²) >= 11 is 0. The molecule has 8 heterocycles. The average molecular weight is 918 g/mol. The van der Waals surface area contributed by atoms with Crippen molar-refractivity contribution in [3.63, 3.8) is 0 Å². The third kappa shape index (κ3) is 21.8. The van der Waals surface area contributed by atoms with Crippen LogP contribution in [0.5, 0.6) is 0 Å². The molecule has 4 heteroatoms. The summed E-state index contributed by atoms with van der Waals surface area (Å²) < 4.78 is 0. The highest BCUT2D eigenvalue weighted by molar-refractivity contribution is 4.94. The molecule has 8 fully saturated rings. The highest BCUT2D eigenvalue weighted by Gasteiger charge is 2.40. The van der Waals surface area contributed by atoms with Crippen LogP contribution in [0.4, 0.5) is 0 Å². The van der Waals surface area contributed by atoms with E-state index in [0.29, 0.717) is 21.7 Å². The minimum Gasteiger partial charge on any atom is -0.300 e. The van der Waals surface area contributed by atoms with Gasteiger partial charge in [0.05, 0.1) is 0 Å². The van der Waals surface area contributed by atoms with Crippen molar-refractivity contribution < 1.29 is 0 Å². The number of fused-ring (bicyclic) bond motifs is 4. The van der Waals surface area contributed by atoms with Crippen molar-refractivity contribution in [3.05, 3.63) is 0 Å². The Labute approximate surface area is 414 Å². The second-order valence-corrected chi connectivity index (χ2v) is 25.0. The Balaban J connectivity index is 0.000000794. The number of nitrogens with zero attached hydrogens (tertiary/aromatic N) is 4. The molecule has 0 aromatic rings. The summed E-state index contributed by atoms with van der Waals surface area (Å²) in [5.74, 6) is 2.83. The summed E-state index contributed by atoms with van der Waals surface area (Å²) in [5, 5.41) is 0. The van der Waals surface area contributed by atoms with Crippen LogP contribution in [0.2, 0.25) is 0 Å². The quantitative estimate of drug-likeness (QED) is 0.240. The summed E-state index contributed by atoms with van der Waals surface area (Å²) in [6.45, 7) is 54.6. The predicted octanol–water partition coefficient (Wildman–Crippen LogP) is 18.1. The molecule has 8 aliphatic rings. The summed E-state index contributed by atoms with van der Waals surface area (Å²) in [4.78, 5) is 11.1. The molecule has 0 aromatic carbocycles. The van der Waals surface area contributed by atoms with Gasteiger partial charge in [-0.1, -0.05) is 178 Å². The van der Waals surface area contributed by atoms with E-state index in [0.717, 1.165) is 48.0 Å². The van der Waals surface area contributed by atoms with Gasteiger partial charge in [0.15, 0.2) is 0 Å². The Morgan fingerprint density at radius 3 is 1.35 bits per heavy atom. The first-order valence-corrected chi connectivity index (χ1v) is 29.3. The lowest BCUT2D eigenvalue weighted by atomic mass is 9.69. The van der Waals surface area contributed by atoms with Crippen LogP contribution in [0.3, 0.4) is 0 Å². The molecule has 8 atom stereocenters. The van der Waals surface area contributed by atoms with Crippen molar-refractivity contribution in [3.8, 4) is 0 Å². The van der Waals surface area contributed by atoms with E-state index in [1.54, 1.807) is 0 Å². The van der Waals surface area contributed by atoms with Gasteiger partial charge in [-0.2, -0.15) is 0 Å². The Kier molecular flexibility index (Phi) is 32.6. The normalized spacial score (nSPS) is 30.8. The van der Waals surface area contributed by atoms with E-state index in [4.69, 9.17) is 0 Å². The van der Waals surface area contributed by atoms with Crippen molar-refractivity contribution in [1.82, 2.24) is 19.6 Å². The first-order valence-electron chi connectivity index (χ1n) is 29.3. The molecule has 8 rings (SSSR count). The molecule has 0 spiro atoms. The molecule has 0 aromatic heterocycles. The molecule has 8 unspecified atom stereocenters. The lowest BCUT2D eigenvalue weighted by Crippen LogP contribution is -2.54. The first-order chi connectivity index (χ1) is 30.3.